The highest BCUT2D eigenvalue weighted by molar-refractivity contribution is 5.54. The highest BCUT2D eigenvalue weighted by Gasteiger charge is 2.06. The molecule has 18 heavy (non-hydrogen) atoms. The first-order valence-electron chi connectivity index (χ1n) is 6.80. The molecule has 1 aromatic rings. The lowest BCUT2D eigenvalue weighted by Crippen LogP contribution is -2.16. The maximum Gasteiger partial charge on any atom is 0.196 e. The summed E-state index contributed by atoms with van der Waals surface area (Å²) in [5.41, 5.74) is 2.49. The van der Waals surface area contributed by atoms with Gasteiger partial charge in [0.15, 0.2) is 6.29 Å². The number of nitrogens with one attached hydrogen (secondary N) is 1. The van der Waals surface area contributed by atoms with E-state index in [0.717, 1.165) is 12.2 Å². The molecule has 0 saturated carbocycles. The molecule has 3 heteroatoms. The number of hydrogen-bond acceptors (Lipinski definition) is 3. The van der Waals surface area contributed by atoms with Gasteiger partial charge in [0.2, 0.25) is 0 Å². The van der Waals surface area contributed by atoms with Crippen molar-refractivity contribution in [3.63, 3.8) is 0 Å². The van der Waals surface area contributed by atoms with Crippen LogP contribution in [0.25, 0.3) is 0 Å². The van der Waals surface area contributed by atoms with Crippen molar-refractivity contribution in [1.82, 2.24) is 0 Å². The Labute approximate surface area is 110 Å². The van der Waals surface area contributed by atoms with Crippen LogP contribution in [0.4, 0.5) is 5.69 Å². The van der Waals surface area contributed by atoms with Crippen molar-refractivity contribution in [2.75, 3.05) is 19.0 Å². The van der Waals surface area contributed by atoms with Gasteiger partial charge in [0.25, 0.3) is 0 Å². The zero-order chi connectivity index (χ0) is 13.4. The third-order valence-electron chi connectivity index (χ3n) is 2.85. The second-order valence-corrected chi connectivity index (χ2v) is 4.31. The van der Waals surface area contributed by atoms with Gasteiger partial charge in [0.1, 0.15) is 5.75 Å². The van der Waals surface area contributed by atoms with Gasteiger partial charge < -0.3 is 14.8 Å². The molecular weight excluding hydrogens is 226 g/mol. The first-order valence-corrected chi connectivity index (χ1v) is 6.80. The molecule has 0 fully saturated rings. The summed E-state index contributed by atoms with van der Waals surface area (Å²) >= 11 is 0. The molecule has 0 spiro atoms. The second kappa shape index (κ2) is 7.98. The molecule has 0 radical (unpaired) electrons. The molecule has 0 bridgehead atoms. The molecule has 0 heterocycles. The summed E-state index contributed by atoms with van der Waals surface area (Å²) < 4.78 is 11.1. The van der Waals surface area contributed by atoms with Crippen molar-refractivity contribution in [3.05, 3.63) is 23.8 Å². The number of anilines is 1. The fraction of sp³-hybridized carbons (Fsp3) is 0.600. The van der Waals surface area contributed by atoms with Gasteiger partial charge in [-0.1, -0.05) is 13.3 Å². The van der Waals surface area contributed by atoms with Gasteiger partial charge in [0, 0.05) is 19.3 Å². The van der Waals surface area contributed by atoms with Crippen molar-refractivity contribution in [3.8, 4) is 5.75 Å². The van der Waals surface area contributed by atoms with E-state index in [0.29, 0.717) is 6.61 Å². The Kier molecular flexibility index (Phi) is 6.58. The predicted molar refractivity (Wildman–Crippen MR) is 76.3 cm³/mol. The van der Waals surface area contributed by atoms with E-state index in [1.165, 1.54) is 24.1 Å². The van der Waals surface area contributed by atoms with E-state index < -0.39 is 0 Å². The van der Waals surface area contributed by atoms with Crippen molar-refractivity contribution in [1.29, 1.82) is 0 Å². The minimum Gasteiger partial charge on any atom is -0.465 e. The van der Waals surface area contributed by atoms with Crippen LogP contribution < -0.4 is 10.1 Å². The smallest absolute Gasteiger partial charge is 0.196 e. The largest absolute Gasteiger partial charge is 0.465 e. The van der Waals surface area contributed by atoms with Crippen LogP contribution in [0.3, 0.4) is 0 Å². The Bertz CT molecular complexity index is 352. The van der Waals surface area contributed by atoms with Crippen LogP contribution in [0.2, 0.25) is 0 Å². The van der Waals surface area contributed by atoms with Crippen LogP contribution >= 0.6 is 0 Å². The Morgan fingerprint density at radius 2 is 2.06 bits per heavy atom. The first kappa shape index (κ1) is 14.8. The molecule has 0 aromatic heterocycles. The standard InChI is InChI=1S/C15H25NO2/c1-5-7-8-13-11-14(9-10-15(13)16-4)18-12(3)17-6-2/h9-12,16H,5-8H2,1-4H3. The molecule has 0 amide bonds. The molecule has 1 rings (SSSR count). The molecule has 0 aliphatic rings. The van der Waals surface area contributed by atoms with Crippen LogP contribution in [-0.2, 0) is 11.2 Å². The fourth-order valence-corrected chi connectivity index (χ4v) is 1.92. The highest BCUT2D eigenvalue weighted by Crippen LogP contribution is 2.24. The number of rotatable bonds is 8. The number of hydrogen-bond donors (Lipinski definition) is 1. The first-order chi connectivity index (χ1) is 8.71. The molecular formula is C15H25NO2. The van der Waals surface area contributed by atoms with E-state index in [-0.39, 0.29) is 6.29 Å². The Morgan fingerprint density at radius 3 is 2.67 bits per heavy atom. The van der Waals surface area contributed by atoms with E-state index in [4.69, 9.17) is 9.47 Å². The van der Waals surface area contributed by atoms with Crippen LogP contribution in [0.1, 0.15) is 39.2 Å². The summed E-state index contributed by atoms with van der Waals surface area (Å²) in [6, 6.07) is 6.16. The molecule has 1 N–H and O–H groups in total. The third kappa shape index (κ3) is 4.57. The van der Waals surface area contributed by atoms with Crippen molar-refractivity contribution < 1.29 is 9.47 Å². The summed E-state index contributed by atoms with van der Waals surface area (Å²) in [6.45, 7) is 6.76. The van der Waals surface area contributed by atoms with E-state index in [1.807, 2.05) is 27.0 Å². The lowest BCUT2D eigenvalue weighted by atomic mass is 10.1. The van der Waals surface area contributed by atoms with Crippen LogP contribution in [0.5, 0.6) is 5.75 Å². The minimum atomic E-state index is -0.200. The summed E-state index contributed by atoms with van der Waals surface area (Å²) in [5, 5.41) is 3.22. The lowest BCUT2D eigenvalue weighted by molar-refractivity contribution is -0.0613. The SMILES string of the molecule is CCCCc1cc(OC(C)OCC)ccc1NC. The maximum atomic E-state index is 5.72. The molecule has 0 saturated heterocycles. The summed E-state index contributed by atoms with van der Waals surface area (Å²) in [6.07, 6.45) is 3.27. The second-order valence-electron chi connectivity index (χ2n) is 4.31. The average Bonchev–Trinajstić information content (AvgIpc) is 2.36. The third-order valence-corrected chi connectivity index (χ3v) is 2.85. The zero-order valence-electron chi connectivity index (χ0n) is 12.0. The van der Waals surface area contributed by atoms with Gasteiger partial charge in [-0.2, -0.15) is 0 Å². The predicted octanol–water partition coefficient (Wildman–Crippen LogP) is 3.83. The number of benzene rings is 1. The fourth-order valence-electron chi connectivity index (χ4n) is 1.92. The maximum absolute atomic E-state index is 5.72. The summed E-state index contributed by atoms with van der Waals surface area (Å²) in [5.74, 6) is 0.876. The Morgan fingerprint density at radius 1 is 1.28 bits per heavy atom. The lowest BCUT2D eigenvalue weighted by Gasteiger charge is -2.16. The molecule has 0 aliphatic carbocycles. The van der Waals surface area contributed by atoms with Gasteiger partial charge in [-0.15, -0.1) is 0 Å². The number of unbranched alkanes of at least 4 members (excludes halogenated alkanes) is 1. The highest BCUT2D eigenvalue weighted by atomic mass is 16.7. The van der Waals surface area contributed by atoms with E-state index in [1.54, 1.807) is 0 Å². The van der Waals surface area contributed by atoms with Crippen molar-refractivity contribution in [2.24, 2.45) is 0 Å². The molecule has 3 nitrogen and oxygen atoms in total. The minimum absolute atomic E-state index is 0.200. The van der Waals surface area contributed by atoms with E-state index in [2.05, 4.69) is 24.4 Å². The average molecular weight is 251 g/mol. The Balaban J connectivity index is 2.74. The van der Waals surface area contributed by atoms with E-state index >= 15 is 0 Å². The van der Waals surface area contributed by atoms with Gasteiger partial charge in [0.05, 0.1) is 0 Å². The molecule has 1 unspecified atom stereocenters. The number of ether oxygens (including phenoxy) is 2. The van der Waals surface area contributed by atoms with Crippen molar-refractivity contribution in [2.45, 2.75) is 46.3 Å². The molecule has 1 atom stereocenters. The van der Waals surface area contributed by atoms with Gasteiger partial charge in [-0.3, -0.25) is 0 Å². The van der Waals surface area contributed by atoms with E-state index in [9.17, 15) is 0 Å². The summed E-state index contributed by atoms with van der Waals surface area (Å²) in [4.78, 5) is 0. The van der Waals surface area contributed by atoms with Crippen LogP contribution in [0.15, 0.2) is 18.2 Å². The van der Waals surface area contributed by atoms with Gasteiger partial charge in [-0.25, -0.2) is 0 Å². The molecule has 102 valence electrons. The van der Waals surface area contributed by atoms with Crippen LogP contribution in [-0.4, -0.2) is 19.9 Å². The monoisotopic (exact) mass is 251 g/mol. The Hall–Kier alpha value is -1.22. The molecule has 1 aromatic carbocycles. The zero-order valence-corrected chi connectivity index (χ0v) is 12.0. The van der Waals surface area contributed by atoms with Gasteiger partial charge in [-0.05, 0) is 50.5 Å². The number of aryl methyl sites for hydroxylation is 1. The topological polar surface area (TPSA) is 30.5 Å². The van der Waals surface area contributed by atoms with Crippen molar-refractivity contribution >= 4 is 5.69 Å². The van der Waals surface area contributed by atoms with Crippen LogP contribution in [0, 0.1) is 0 Å². The normalized spacial score (nSPS) is 12.2. The van der Waals surface area contributed by atoms with Gasteiger partial charge >= 0.3 is 0 Å². The quantitative estimate of drug-likeness (QED) is 0.712. The summed E-state index contributed by atoms with van der Waals surface area (Å²) in [7, 11) is 1.95. The molecule has 0 aliphatic heterocycles.